The lowest BCUT2D eigenvalue weighted by Crippen LogP contribution is -2.40. The van der Waals surface area contributed by atoms with Crippen LogP contribution < -0.4 is 11.1 Å². The Kier molecular flexibility index (Phi) is 3.58. The lowest BCUT2D eigenvalue weighted by atomic mass is 10.1. The van der Waals surface area contributed by atoms with E-state index in [-0.39, 0.29) is 4.90 Å². The van der Waals surface area contributed by atoms with Crippen LogP contribution in [0.15, 0.2) is 65.6 Å². The number of quaternary nitrogens is 1. The highest BCUT2D eigenvalue weighted by molar-refractivity contribution is 7.86. The quantitative estimate of drug-likeness (QED) is 0.648. The smallest absolute Gasteiger partial charge is 0.295 e. The first-order valence-electron chi connectivity index (χ1n) is 6.64. The lowest BCUT2D eigenvalue weighted by molar-refractivity contribution is -0.252. The summed E-state index contributed by atoms with van der Waals surface area (Å²) in [5, 5.41) is 4.29. The highest BCUT2D eigenvalue weighted by Crippen LogP contribution is 2.34. The standard InChI is InChI=1S/C16H14N2O3S/c17-13-9-10-14(18-11-5-2-1-3-6-11)16-12(13)7-4-8-15(16)22(19,20)21/h1-10,18H,17H2,(H,19,20,21)/p+1. The molecule has 0 aromatic heterocycles. The largest absolute Gasteiger partial charge is 0.355 e. The second kappa shape index (κ2) is 5.42. The molecule has 0 fully saturated rings. The summed E-state index contributed by atoms with van der Waals surface area (Å²) in [4.78, 5) is -0.131. The zero-order chi connectivity index (χ0) is 15.7. The zero-order valence-corrected chi connectivity index (χ0v) is 12.5. The maximum atomic E-state index is 11.7. The Balaban J connectivity index is 2.29. The maximum Gasteiger partial charge on any atom is 0.295 e. The predicted molar refractivity (Wildman–Crippen MR) is 86.0 cm³/mol. The molecule has 0 bridgehead atoms. The number of hydrogen-bond acceptors (Lipinski definition) is 3. The van der Waals surface area contributed by atoms with Crippen molar-refractivity contribution in [2.24, 2.45) is 0 Å². The van der Waals surface area contributed by atoms with Gasteiger partial charge in [0.25, 0.3) is 10.1 Å². The monoisotopic (exact) mass is 315 g/mol. The molecule has 6 heteroatoms. The van der Waals surface area contributed by atoms with Crippen molar-refractivity contribution in [1.82, 2.24) is 0 Å². The Bertz CT molecular complexity index is 938. The Morgan fingerprint density at radius 3 is 2.32 bits per heavy atom. The van der Waals surface area contributed by atoms with Crippen molar-refractivity contribution in [2.75, 3.05) is 5.32 Å². The Morgan fingerprint density at radius 2 is 1.64 bits per heavy atom. The van der Waals surface area contributed by atoms with Crippen molar-refractivity contribution in [1.29, 1.82) is 0 Å². The number of fused-ring (bicyclic) bond motifs is 1. The fraction of sp³-hybridized carbons (Fsp3) is 0. The number of rotatable bonds is 3. The van der Waals surface area contributed by atoms with Crippen LogP contribution in [0.4, 0.5) is 17.1 Å². The van der Waals surface area contributed by atoms with Crippen molar-refractivity contribution >= 4 is 38.0 Å². The van der Waals surface area contributed by atoms with Gasteiger partial charge in [-0.05, 0) is 30.3 Å². The first-order valence-corrected chi connectivity index (χ1v) is 8.08. The van der Waals surface area contributed by atoms with E-state index in [1.54, 1.807) is 24.3 Å². The first kappa shape index (κ1) is 14.5. The molecule has 0 aliphatic carbocycles. The second-order valence-corrected chi connectivity index (χ2v) is 6.31. The highest BCUT2D eigenvalue weighted by Gasteiger charge is 2.18. The fourth-order valence-corrected chi connectivity index (χ4v) is 3.16. The van der Waals surface area contributed by atoms with E-state index in [2.05, 4.69) is 11.1 Å². The maximum absolute atomic E-state index is 11.7. The van der Waals surface area contributed by atoms with Crippen molar-refractivity contribution in [3.8, 4) is 0 Å². The van der Waals surface area contributed by atoms with E-state index in [4.69, 9.17) is 0 Å². The Morgan fingerprint density at radius 1 is 0.909 bits per heavy atom. The van der Waals surface area contributed by atoms with E-state index in [1.165, 1.54) is 6.07 Å². The van der Waals surface area contributed by atoms with Gasteiger partial charge in [0.05, 0.1) is 0 Å². The van der Waals surface area contributed by atoms with Crippen LogP contribution in [0.3, 0.4) is 0 Å². The van der Waals surface area contributed by atoms with Crippen LogP contribution in [0.2, 0.25) is 0 Å². The van der Waals surface area contributed by atoms with Crippen LogP contribution in [-0.4, -0.2) is 13.0 Å². The van der Waals surface area contributed by atoms with Gasteiger partial charge in [-0.15, -0.1) is 0 Å². The van der Waals surface area contributed by atoms with E-state index < -0.39 is 10.1 Å². The van der Waals surface area contributed by atoms with Gasteiger partial charge in [-0.25, -0.2) is 0 Å². The molecule has 0 saturated carbocycles. The summed E-state index contributed by atoms with van der Waals surface area (Å²) in [5.41, 5.74) is 6.03. The van der Waals surface area contributed by atoms with Gasteiger partial charge in [-0.2, -0.15) is 8.42 Å². The lowest BCUT2D eigenvalue weighted by Gasteiger charge is -2.12. The summed E-state index contributed by atoms with van der Waals surface area (Å²) < 4.78 is 32.8. The Hall–Kier alpha value is -2.41. The third kappa shape index (κ3) is 2.67. The van der Waals surface area contributed by atoms with Gasteiger partial charge >= 0.3 is 0 Å². The minimum absolute atomic E-state index is 0.131. The molecule has 0 radical (unpaired) electrons. The molecule has 0 aliphatic rings. The molecule has 0 saturated heterocycles. The third-order valence-electron chi connectivity index (χ3n) is 3.42. The number of anilines is 2. The van der Waals surface area contributed by atoms with Crippen LogP contribution in [0.25, 0.3) is 10.8 Å². The molecule has 5 N–H and O–H groups in total. The molecule has 3 aromatic carbocycles. The summed E-state index contributed by atoms with van der Waals surface area (Å²) in [5.74, 6) is 0. The van der Waals surface area contributed by atoms with Crippen molar-refractivity contribution in [3.05, 3.63) is 60.7 Å². The SMILES string of the molecule is [NH3+]c1ccc(Nc2ccccc2)c2c(S(=O)(=O)O)cccc12. The van der Waals surface area contributed by atoms with E-state index in [1.807, 2.05) is 30.3 Å². The summed E-state index contributed by atoms with van der Waals surface area (Å²) in [6.07, 6.45) is 0. The van der Waals surface area contributed by atoms with Gasteiger partial charge < -0.3 is 11.1 Å². The van der Waals surface area contributed by atoms with Crippen LogP contribution in [0.5, 0.6) is 0 Å². The van der Waals surface area contributed by atoms with E-state index in [0.29, 0.717) is 22.1 Å². The van der Waals surface area contributed by atoms with Gasteiger partial charge in [-0.3, -0.25) is 4.55 Å². The molecule has 0 heterocycles. The number of benzene rings is 3. The number of nitrogens with one attached hydrogen (secondary N) is 1. The zero-order valence-electron chi connectivity index (χ0n) is 11.7. The summed E-state index contributed by atoms with van der Waals surface area (Å²) >= 11 is 0. The molecule has 0 aliphatic heterocycles. The molecule has 3 aromatic rings. The number of para-hydroxylation sites is 1. The van der Waals surface area contributed by atoms with Crippen LogP contribution in [-0.2, 0) is 10.1 Å². The fourth-order valence-electron chi connectivity index (χ4n) is 2.43. The molecule has 22 heavy (non-hydrogen) atoms. The average molecular weight is 315 g/mol. The topological polar surface area (TPSA) is 94.0 Å². The first-order chi connectivity index (χ1) is 10.5. The minimum Gasteiger partial charge on any atom is -0.355 e. The third-order valence-corrected chi connectivity index (χ3v) is 4.32. The van der Waals surface area contributed by atoms with E-state index in [0.717, 1.165) is 5.69 Å². The van der Waals surface area contributed by atoms with Crippen LogP contribution in [0.1, 0.15) is 0 Å². The molecular weight excluding hydrogens is 300 g/mol. The van der Waals surface area contributed by atoms with Crippen molar-refractivity contribution in [2.45, 2.75) is 4.90 Å². The average Bonchev–Trinajstić information content (AvgIpc) is 2.50. The molecule has 0 spiro atoms. The number of hydrogen-bond donors (Lipinski definition) is 3. The normalized spacial score (nSPS) is 11.5. The van der Waals surface area contributed by atoms with Gasteiger partial charge in [0.2, 0.25) is 0 Å². The Labute approximate surface area is 128 Å². The highest BCUT2D eigenvalue weighted by atomic mass is 32.2. The van der Waals surface area contributed by atoms with Gasteiger partial charge in [0, 0.05) is 28.2 Å². The molecule has 112 valence electrons. The molecule has 0 amide bonds. The minimum atomic E-state index is -4.33. The summed E-state index contributed by atoms with van der Waals surface area (Å²) in [7, 11) is -4.33. The second-order valence-electron chi connectivity index (χ2n) is 4.92. The van der Waals surface area contributed by atoms with E-state index in [9.17, 15) is 13.0 Å². The molecule has 0 unspecified atom stereocenters. The van der Waals surface area contributed by atoms with Crippen LogP contribution >= 0.6 is 0 Å². The van der Waals surface area contributed by atoms with E-state index >= 15 is 0 Å². The summed E-state index contributed by atoms with van der Waals surface area (Å²) in [6, 6.07) is 17.7. The molecular formula is C16H15N2O3S+. The van der Waals surface area contributed by atoms with Gasteiger partial charge in [0.15, 0.2) is 0 Å². The predicted octanol–water partition coefficient (Wildman–Crippen LogP) is 2.70. The van der Waals surface area contributed by atoms with Gasteiger partial charge in [-0.1, -0.05) is 24.3 Å². The molecule has 3 rings (SSSR count). The van der Waals surface area contributed by atoms with Crippen molar-refractivity contribution < 1.29 is 18.7 Å². The summed E-state index contributed by atoms with van der Waals surface area (Å²) in [6.45, 7) is 0. The molecule has 5 nitrogen and oxygen atoms in total. The van der Waals surface area contributed by atoms with Crippen molar-refractivity contribution in [3.63, 3.8) is 0 Å². The van der Waals surface area contributed by atoms with Crippen LogP contribution in [0, 0.1) is 0 Å². The molecule has 0 atom stereocenters. The van der Waals surface area contributed by atoms with Gasteiger partial charge in [0.1, 0.15) is 10.6 Å².